The minimum absolute atomic E-state index is 0.189. The van der Waals surface area contributed by atoms with Crippen LogP contribution in [0.3, 0.4) is 0 Å². The number of carbonyl (C=O) groups is 1. The van der Waals surface area contributed by atoms with Gasteiger partial charge >= 0.3 is 0 Å². The highest BCUT2D eigenvalue weighted by Gasteiger charge is 2.38. The minimum Gasteiger partial charge on any atom is -0.493 e. The first-order chi connectivity index (χ1) is 8.67. The molecule has 0 saturated heterocycles. The van der Waals surface area contributed by atoms with E-state index in [1.807, 2.05) is 19.1 Å². The first-order valence-corrected chi connectivity index (χ1v) is 6.66. The molecule has 1 aromatic rings. The lowest BCUT2D eigenvalue weighted by Crippen LogP contribution is -2.40. The molecule has 1 aromatic carbocycles. The van der Waals surface area contributed by atoms with E-state index in [0.29, 0.717) is 30.8 Å². The van der Waals surface area contributed by atoms with Crippen LogP contribution in [-0.4, -0.2) is 23.1 Å². The third kappa shape index (κ3) is 2.56. The van der Waals surface area contributed by atoms with Gasteiger partial charge in [-0.3, -0.25) is 4.79 Å². The van der Waals surface area contributed by atoms with Gasteiger partial charge in [0.05, 0.1) is 12.2 Å². The molecule has 0 atom stereocenters. The first kappa shape index (κ1) is 13.1. The highest BCUT2D eigenvalue weighted by molar-refractivity contribution is 6.04. The Bertz CT molecular complexity index is 420. The lowest BCUT2D eigenvalue weighted by atomic mass is 9.79. The number of aliphatic hydroxyl groups is 1. The summed E-state index contributed by atoms with van der Waals surface area (Å²) in [6.07, 6.45) is 4.05. The standard InChI is InChI=1S/C15H20O3/c1-2-18-13-9-5-4-8-12(13)14(16)15(17)10-6-3-7-11-15/h4-5,8-9,17H,2-3,6-7,10-11H2,1H3. The summed E-state index contributed by atoms with van der Waals surface area (Å²) in [5.74, 6) is 0.384. The van der Waals surface area contributed by atoms with Gasteiger partial charge in [0.2, 0.25) is 0 Å². The van der Waals surface area contributed by atoms with Gasteiger partial charge in [0.1, 0.15) is 11.4 Å². The average Bonchev–Trinajstić information content (AvgIpc) is 2.40. The largest absolute Gasteiger partial charge is 0.493 e. The average molecular weight is 248 g/mol. The predicted octanol–water partition coefficient (Wildman–Crippen LogP) is 2.96. The molecule has 0 amide bonds. The van der Waals surface area contributed by atoms with Crippen molar-refractivity contribution < 1.29 is 14.6 Å². The summed E-state index contributed by atoms with van der Waals surface area (Å²) < 4.78 is 5.46. The van der Waals surface area contributed by atoms with Crippen molar-refractivity contribution in [3.8, 4) is 5.75 Å². The van der Waals surface area contributed by atoms with Crippen LogP contribution < -0.4 is 4.74 Å². The van der Waals surface area contributed by atoms with Crippen molar-refractivity contribution in [3.05, 3.63) is 29.8 Å². The second-order valence-corrected chi connectivity index (χ2v) is 4.85. The Morgan fingerprint density at radius 2 is 1.94 bits per heavy atom. The molecule has 2 rings (SSSR count). The number of ether oxygens (including phenoxy) is 1. The van der Waals surface area contributed by atoms with Gasteiger partial charge in [-0.2, -0.15) is 0 Å². The molecule has 0 radical (unpaired) electrons. The van der Waals surface area contributed by atoms with Crippen LogP contribution in [0.5, 0.6) is 5.75 Å². The monoisotopic (exact) mass is 248 g/mol. The smallest absolute Gasteiger partial charge is 0.198 e. The number of hydrogen-bond donors (Lipinski definition) is 1. The zero-order chi connectivity index (χ0) is 13.0. The van der Waals surface area contributed by atoms with Gasteiger partial charge in [0.15, 0.2) is 5.78 Å². The number of ketones is 1. The zero-order valence-corrected chi connectivity index (χ0v) is 10.8. The number of hydrogen-bond acceptors (Lipinski definition) is 3. The van der Waals surface area contributed by atoms with Gasteiger partial charge in [-0.15, -0.1) is 0 Å². The normalized spacial score (nSPS) is 18.3. The number of carbonyl (C=O) groups excluding carboxylic acids is 1. The van der Waals surface area contributed by atoms with E-state index in [9.17, 15) is 9.90 Å². The summed E-state index contributed by atoms with van der Waals surface area (Å²) in [6.45, 7) is 2.40. The highest BCUT2D eigenvalue weighted by atomic mass is 16.5. The van der Waals surface area contributed by atoms with Crippen LogP contribution in [0.25, 0.3) is 0 Å². The Hall–Kier alpha value is -1.35. The lowest BCUT2D eigenvalue weighted by molar-refractivity contribution is 0.0113. The minimum atomic E-state index is -1.19. The van der Waals surface area contributed by atoms with Gasteiger partial charge in [0, 0.05) is 0 Å². The highest BCUT2D eigenvalue weighted by Crippen LogP contribution is 2.33. The zero-order valence-electron chi connectivity index (χ0n) is 10.8. The van der Waals surface area contributed by atoms with Crippen molar-refractivity contribution in [1.82, 2.24) is 0 Å². The Morgan fingerprint density at radius 3 is 2.61 bits per heavy atom. The van der Waals surface area contributed by atoms with Gasteiger partial charge in [0.25, 0.3) is 0 Å². The van der Waals surface area contributed by atoms with Crippen LogP contribution in [0.15, 0.2) is 24.3 Å². The van der Waals surface area contributed by atoms with E-state index in [-0.39, 0.29) is 5.78 Å². The molecule has 0 aromatic heterocycles. The van der Waals surface area contributed by atoms with Crippen molar-refractivity contribution in [2.75, 3.05) is 6.61 Å². The maximum absolute atomic E-state index is 12.5. The topological polar surface area (TPSA) is 46.5 Å². The molecular weight excluding hydrogens is 228 g/mol. The molecule has 0 unspecified atom stereocenters. The lowest BCUT2D eigenvalue weighted by Gasteiger charge is -2.30. The van der Waals surface area contributed by atoms with Gasteiger partial charge in [-0.1, -0.05) is 31.4 Å². The van der Waals surface area contributed by atoms with Gasteiger partial charge < -0.3 is 9.84 Å². The van der Waals surface area contributed by atoms with Crippen molar-refractivity contribution in [2.24, 2.45) is 0 Å². The molecule has 1 N–H and O–H groups in total. The molecule has 3 heteroatoms. The van der Waals surface area contributed by atoms with Crippen molar-refractivity contribution in [3.63, 3.8) is 0 Å². The van der Waals surface area contributed by atoms with E-state index >= 15 is 0 Å². The van der Waals surface area contributed by atoms with Crippen molar-refractivity contribution >= 4 is 5.78 Å². The van der Waals surface area contributed by atoms with E-state index in [2.05, 4.69) is 0 Å². The van der Waals surface area contributed by atoms with E-state index < -0.39 is 5.60 Å². The molecule has 1 aliphatic carbocycles. The molecule has 3 nitrogen and oxygen atoms in total. The maximum atomic E-state index is 12.5. The molecule has 1 saturated carbocycles. The fourth-order valence-corrected chi connectivity index (χ4v) is 2.55. The molecule has 0 heterocycles. The summed E-state index contributed by atoms with van der Waals surface area (Å²) in [7, 11) is 0. The third-order valence-corrected chi connectivity index (χ3v) is 3.53. The summed E-state index contributed by atoms with van der Waals surface area (Å²) >= 11 is 0. The number of Topliss-reactive ketones (excluding diaryl/α,β-unsaturated/α-hetero) is 1. The Labute approximate surface area is 108 Å². The first-order valence-electron chi connectivity index (χ1n) is 6.66. The predicted molar refractivity (Wildman–Crippen MR) is 70.0 cm³/mol. The van der Waals surface area contributed by atoms with Crippen LogP contribution in [0.4, 0.5) is 0 Å². The molecule has 0 bridgehead atoms. The van der Waals surface area contributed by atoms with Crippen LogP contribution in [0.1, 0.15) is 49.4 Å². The molecular formula is C15H20O3. The quantitative estimate of drug-likeness (QED) is 0.833. The van der Waals surface area contributed by atoms with E-state index in [0.717, 1.165) is 19.3 Å². The molecule has 0 spiro atoms. The number of benzene rings is 1. The van der Waals surface area contributed by atoms with Crippen LogP contribution in [-0.2, 0) is 0 Å². The maximum Gasteiger partial charge on any atom is 0.198 e. The van der Waals surface area contributed by atoms with E-state index in [4.69, 9.17) is 4.74 Å². The molecule has 98 valence electrons. The number of rotatable bonds is 4. The Morgan fingerprint density at radius 1 is 1.28 bits per heavy atom. The van der Waals surface area contributed by atoms with Gasteiger partial charge in [-0.05, 0) is 31.9 Å². The van der Waals surface area contributed by atoms with Gasteiger partial charge in [-0.25, -0.2) is 0 Å². The van der Waals surface area contributed by atoms with Crippen molar-refractivity contribution in [2.45, 2.75) is 44.6 Å². The third-order valence-electron chi connectivity index (χ3n) is 3.53. The molecule has 1 aliphatic rings. The summed E-state index contributed by atoms with van der Waals surface area (Å²) in [6, 6.07) is 7.16. The molecule has 18 heavy (non-hydrogen) atoms. The fraction of sp³-hybridized carbons (Fsp3) is 0.533. The fourth-order valence-electron chi connectivity index (χ4n) is 2.55. The Balaban J connectivity index is 2.27. The molecule has 1 fully saturated rings. The second-order valence-electron chi connectivity index (χ2n) is 4.85. The molecule has 0 aliphatic heterocycles. The summed E-state index contributed by atoms with van der Waals surface area (Å²) in [5, 5.41) is 10.5. The van der Waals surface area contributed by atoms with Crippen LogP contribution in [0, 0.1) is 0 Å². The SMILES string of the molecule is CCOc1ccccc1C(=O)C1(O)CCCCC1. The summed E-state index contributed by atoms with van der Waals surface area (Å²) in [4.78, 5) is 12.5. The van der Waals surface area contributed by atoms with Crippen molar-refractivity contribution in [1.29, 1.82) is 0 Å². The van der Waals surface area contributed by atoms with Crippen LogP contribution >= 0.6 is 0 Å². The second kappa shape index (κ2) is 5.53. The summed E-state index contributed by atoms with van der Waals surface area (Å²) in [5.41, 5.74) is -0.686. The number of para-hydroxylation sites is 1. The van der Waals surface area contributed by atoms with Crippen LogP contribution in [0.2, 0.25) is 0 Å². The Kier molecular flexibility index (Phi) is 4.02. The van der Waals surface area contributed by atoms with E-state index in [1.165, 1.54) is 0 Å². The van der Waals surface area contributed by atoms with E-state index in [1.54, 1.807) is 12.1 Å².